The maximum Gasteiger partial charge on any atom is 0.266 e. The van der Waals surface area contributed by atoms with Crippen LogP contribution in [0, 0.1) is 13.8 Å². The Hall–Kier alpha value is -2.77. The summed E-state index contributed by atoms with van der Waals surface area (Å²) >= 11 is 4.70. The first-order valence-corrected chi connectivity index (χ1v) is 10.6. The molecule has 0 saturated heterocycles. The first-order valence-electron chi connectivity index (χ1n) is 9.04. The molecule has 0 aliphatic heterocycles. The average molecular weight is 468 g/mol. The van der Waals surface area contributed by atoms with E-state index in [0.29, 0.717) is 27.2 Å². The van der Waals surface area contributed by atoms with Crippen molar-refractivity contribution in [3.05, 3.63) is 91.3 Å². The van der Waals surface area contributed by atoms with Gasteiger partial charge in [-0.15, -0.1) is 11.3 Å². The van der Waals surface area contributed by atoms with Gasteiger partial charge in [-0.3, -0.25) is 14.2 Å². The van der Waals surface area contributed by atoms with E-state index in [4.69, 9.17) is 0 Å². The van der Waals surface area contributed by atoms with Crippen LogP contribution in [0.25, 0.3) is 10.2 Å². The monoisotopic (exact) mass is 467 g/mol. The van der Waals surface area contributed by atoms with Crippen molar-refractivity contribution >= 4 is 49.1 Å². The van der Waals surface area contributed by atoms with E-state index in [1.54, 1.807) is 17.8 Å². The predicted molar refractivity (Wildman–Crippen MR) is 121 cm³/mol. The molecule has 0 atom stereocenters. The lowest BCUT2D eigenvalue weighted by Gasteiger charge is -2.07. The molecule has 0 saturated carbocycles. The van der Waals surface area contributed by atoms with Crippen molar-refractivity contribution in [2.75, 3.05) is 5.32 Å². The Morgan fingerprint density at radius 3 is 2.72 bits per heavy atom. The molecule has 0 fully saturated rings. The van der Waals surface area contributed by atoms with Gasteiger partial charge in [-0.25, -0.2) is 4.98 Å². The van der Waals surface area contributed by atoms with Crippen molar-refractivity contribution in [1.29, 1.82) is 0 Å². The molecule has 1 N–H and O–H groups in total. The van der Waals surface area contributed by atoms with Gasteiger partial charge in [0.05, 0.1) is 23.1 Å². The number of carbonyl (C=O) groups excluding carboxylic acids is 1. The number of anilines is 1. The van der Waals surface area contributed by atoms with Crippen LogP contribution in [0.15, 0.2) is 64.1 Å². The van der Waals surface area contributed by atoms with Crippen LogP contribution in [-0.4, -0.2) is 15.5 Å². The van der Waals surface area contributed by atoms with E-state index in [2.05, 4.69) is 26.2 Å². The number of nitrogens with zero attached hydrogens (tertiary/aromatic N) is 2. The van der Waals surface area contributed by atoms with Gasteiger partial charge >= 0.3 is 0 Å². The number of benzene rings is 2. The molecule has 5 nitrogen and oxygen atoms in total. The number of halogens is 1. The van der Waals surface area contributed by atoms with E-state index >= 15 is 0 Å². The first kappa shape index (κ1) is 19.5. The van der Waals surface area contributed by atoms with Crippen LogP contribution in [0.3, 0.4) is 0 Å². The van der Waals surface area contributed by atoms with Gasteiger partial charge in [0, 0.05) is 10.2 Å². The van der Waals surface area contributed by atoms with Gasteiger partial charge in [-0.1, -0.05) is 46.3 Å². The summed E-state index contributed by atoms with van der Waals surface area (Å²) in [6.07, 6.45) is 1.55. The molecule has 2 aromatic heterocycles. The van der Waals surface area contributed by atoms with Crippen LogP contribution >= 0.6 is 27.3 Å². The van der Waals surface area contributed by atoms with E-state index in [0.717, 1.165) is 21.3 Å². The second-order valence-electron chi connectivity index (χ2n) is 6.81. The zero-order valence-corrected chi connectivity index (χ0v) is 18.3. The van der Waals surface area contributed by atoms with Crippen LogP contribution in [0.1, 0.15) is 26.4 Å². The molecule has 146 valence electrons. The zero-order chi connectivity index (χ0) is 20.5. The van der Waals surface area contributed by atoms with Crippen LogP contribution in [-0.2, 0) is 6.54 Å². The fraction of sp³-hybridized carbons (Fsp3) is 0.136. The Morgan fingerprint density at radius 2 is 1.97 bits per heavy atom. The smallest absolute Gasteiger partial charge is 0.266 e. The Labute approximate surface area is 180 Å². The summed E-state index contributed by atoms with van der Waals surface area (Å²) in [7, 11) is 0. The Bertz CT molecular complexity index is 1290. The van der Waals surface area contributed by atoms with E-state index < -0.39 is 0 Å². The number of aromatic nitrogens is 2. The number of para-hydroxylation sites is 1. The molecule has 0 aliphatic carbocycles. The lowest BCUT2D eigenvalue weighted by atomic mass is 10.1. The molecule has 4 rings (SSSR count). The van der Waals surface area contributed by atoms with Crippen molar-refractivity contribution in [1.82, 2.24) is 9.55 Å². The van der Waals surface area contributed by atoms with Gasteiger partial charge in [-0.05, 0) is 48.7 Å². The van der Waals surface area contributed by atoms with Crippen LogP contribution in [0.5, 0.6) is 0 Å². The third-order valence-corrected chi connectivity index (χ3v) is 6.45. The minimum Gasteiger partial charge on any atom is -0.321 e. The molecule has 1 amide bonds. The van der Waals surface area contributed by atoms with Gasteiger partial charge in [0.2, 0.25) is 0 Å². The number of carbonyl (C=O) groups is 1. The molecule has 2 aromatic carbocycles. The Balaban J connectivity index is 1.70. The molecule has 0 aliphatic rings. The molecular formula is C22H18BrN3O2S. The van der Waals surface area contributed by atoms with Crippen molar-refractivity contribution in [2.24, 2.45) is 0 Å². The summed E-state index contributed by atoms with van der Waals surface area (Å²) < 4.78 is 2.53. The number of hydrogen-bond acceptors (Lipinski definition) is 4. The summed E-state index contributed by atoms with van der Waals surface area (Å²) in [6.45, 7) is 4.16. The van der Waals surface area contributed by atoms with Gasteiger partial charge in [0.1, 0.15) is 4.83 Å². The van der Waals surface area contributed by atoms with E-state index in [9.17, 15) is 9.59 Å². The Morgan fingerprint density at radius 1 is 1.17 bits per heavy atom. The number of hydrogen-bond donors (Lipinski definition) is 1. The van der Waals surface area contributed by atoms with Crippen LogP contribution in [0.4, 0.5) is 5.69 Å². The number of aryl methyl sites for hydroxylation is 2. The highest BCUT2D eigenvalue weighted by Gasteiger charge is 2.20. The molecule has 0 spiro atoms. The molecule has 7 heteroatoms. The molecule has 0 bridgehead atoms. The Kier molecular flexibility index (Phi) is 5.34. The summed E-state index contributed by atoms with van der Waals surface area (Å²) in [6, 6.07) is 15.4. The predicted octanol–water partition coefficient (Wildman–Crippen LogP) is 5.14. The highest BCUT2D eigenvalue weighted by atomic mass is 79.9. The van der Waals surface area contributed by atoms with E-state index in [1.807, 2.05) is 55.5 Å². The van der Waals surface area contributed by atoms with E-state index in [-0.39, 0.29) is 11.5 Å². The highest BCUT2D eigenvalue weighted by molar-refractivity contribution is 9.10. The number of amides is 1. The summed E-state index contributed by atoms with van der Waals surface area (Å²) in [5, 5.41) is 3.44. The number of rotatable bonds is 4. The third kappa shape index (κ3) is 3.88. The standard InChI is InChI=1S/C22H18BrN3O2S/c1-13-6-3-4-9-17(13)25-20(27)19-14(2)18-21(29-19)24-12-26(22(18)28)11-15-7-5-8-16(23)10-15/h3-10,12H,11H2,1-2H3,(H,25,27). The molecule has 2 heterocycles. The molecule has 4 aromatic rings. The normalized spacial score (nSPS) is 11.0. The van der Waals surface area contributed by atoms with Crippen LogP contribution < -0.4 is 10.9 Å². The van der Waals surface area contributed by atoms with Crippen LogP contribution in [0.2, 0.25) is 0 Å². The summed E-state index contributed by atoms with van der Waals surface area (Å²) in [5.41, 5.74) is 3.26. The van der Waals surface area contributed by atoms with Gasteiger partial charge in [-0.2, -0.15) is 0 Å². The first-order chi connectivity index (χ1) is 13.9. The second kappa shape index (κ2) is 7.93. The number of fused-ring (bicyclic) bond motifs is 1. The quantitative estimate of drug-likeness (QED) is 0.451. The number of thiophene rings is 1. The van der Waals surface area contributed by atoms with Gasteiger partial charge < -0.3 is 5.32 Å². The summed E-state index contributed by atoms with van der Waals surface area (Å²) in [5.74, 6) is -0.224. The topological polar surface area (TPSA) is 64.0 Å². The highest BCUT2D eigenvalue weighted by Crippen LogP contribution is 2.28. The maximum absolute atomic E-state index is 13.1. The third-order valence-electron chi connectivity index (χ3n) is 4.76. The van der Waals surface area contributed by atoms with Crippen molar-refractivity contribution < 1.29 is 4.79 Å². The summed E-state index contributed by atoms with van der Waals surface area (Å²) in [4.78, 5) is 31.4. The lowest BCUT2D eigenvalue weighted by molar-refractivity contribution is 0.103. The van der Waals surface area contributed by atoms with Gasteiger partial charge in [0.15, 0.2) is 0 Å². The van der Waals surface area contributed by atoms with E-state index in [1.165, 1.54) is 11.3 Å². The molecular weight excluding hydrogens is 450 g/mol. The van der Waals surface area contributed by atoms with Crippen molar-refractivity contribution in [3.63, 3.8) is 0 Å². The SMILES string of the molecule is Cc1ccccc1NC(=O)c1sc2ncn(Cc3cccc(Br)c3)c(=O)c2c1C. The molecule has 29 heavy (non-hydrogen) atoms. The lowest BCUT2D eigenvalue weighted by Crippen LogP contribution is -2.21. The average Bonchev–Trinajstić information content (AvgIpc) is 3.03. The van der Waals surface area contributed by atoms with Crippen molar-refractivity contribution in [2.45, 2.75) is 20.4 Å². The van der Waals surface area contributed by atoms with Crippen molar-refractivity contribution in [3.8, 4) is 0 Å². The zero-order valence-electron chi connectivity index (χ0n) is 15.9. The largest absolute Gasteiger partial charge is 0.321 e. The van der Waals surface area contributed by atoms with Gasteiger partial charge in [0.25, 0.3) is 11.5 Å². The molecule has 0 unspecified atom stereocenters. The minimum absolute atomic E-state index is 0.140. The second-order valence-corrected chi connectivity index (χ2v) is 8.73. The number of nitrogens with one attached hydrogen (secondary N) is 1. The molecule has 0 radical (unpaired) electrons. The fourth-order valence-electron chi connectivity index (χ4n) is 3.21. The maximum atomic E-state index is 13.1. The minimum atomic E-state index is -0.224. The fourth-order valence-corrected chi connectivity index (χ4v) is 4.69.